The number of carbonyl (C=O) groups is 2. The Bertz CT molecular complexity index is 2840. The summed E-state index contributed by atoms with van der Waals surface area (Å²) < 4.78 is 5.60. The van der Waals surface area contributed by atoms with Gasteiger partial charge in [0.25, 0.3) is 0 Å². The van der Waals surface area contributed by atoms with E-state index in [1.807, 2.05) is 18.2 Å². The average Bonchev–Trinajstić information content (AvgIpc) is 3.90. The van der Waals surface area contributed by atoms with E-state index in [0.29, 0.717) is 111 Å². The van der Waals surface area contributed by atoms with Gasteiger partial charge in [0.05, 0.1) is 25.1 Å². The molecule has 72 heavy (non-hydrogen) atoms. The van der Waals surface area contributed by atoms with Crippen LogP contribution in [0.1, 0.15) is 136 Å². The van der Waals surface area contributed by atoms with Crippen LogP contribution in [0, 0.1) is 52.8 Å². The fraction of sp³-hybridized carbons (Fsp3) is 0.541. The number of hydrogen-bond acceptors (Lipinski definition) is 10. The largest absolute Gasteiger partial charge is 0.504 e. The van der Waals surface area contributed by atoms with Crippen molar-refractivity contribution in [2.45, 2.75) is 133 Å². The molecule has 1 aromatic heterocycles. The Balaban J connectivity index is 0.881. The minimum atomic E-state index is -1.22. The predicted molar refractivity (Wildman–Crippen MR) is 281 cm³/mol. The molecule has 3 aromatic carbocycles. The third kappa shape index (κ3) is 8.78. The van der Waals surface area contributed by atoms with Crippen molar-refractivity contribution in [3.63, 3.8) is 0 Å². The van der Waals surface area contributed by atoms with Crippen LogP contribution in [0.2, 0.25) is 0 Å². The smallest absolute Gasteiger partial charge is 0.160 e. The van der Waals surface area contributed by atoms with Gasteiger partial charge in [-0.3, -0.25) is 9.59 Å². The van der Waals surface area contributed by atoms with Crippen molar-refractivity contribution in [1.82, 2.24) is 20.9 Å². The number of phenols is 1. The molecular weight excluding hydrogens is 899 g/mol. The first kappa shape index (κ1) is 48.9. The molecule has 7 aliphatic rings. The Morgan fingerprint density at radius 2 is 1.83 bits per heavy atom. The number of fused-ring (bicyclic) bond motifs is 5. The van der Waals surface area contributed by atoms with Crippen LogP contribution >= 0.6 is 0 Å². The van der Waals surface area contributed by atoms with Crippen molar-refractivity contribution in [1.29, 1.82) is 0 Å². The first-order chi connectivity index (χ1) is 35.0. The molecule has 5 aliphatic carbocycles. The molecule has 11 nitrogen and oxygen atoms in total. The summed E-state index contributed by atoms with van der Waals surface area (Å²) in [6.07, 6.45) is 9.52. The monoisotopic (exact) mass is 974 g/mol. The molecule has 0 amide bonds. The lowest BCUT2D eigenvalue weighted by Crippen LogP contribution is -2.63. The van der Waals surface area contributed by atoms with Gasteiger partial charge in [-0.25, -0.2) is 0 Å². The molecule has 4 fully saturated rings. The molecule has 0 radical (unpaired) electrons. The summed E-state index contributed by atoms with van der Waals surface area (Å²) >= 11 is 0. The van der Waals surface area contributed by atoms with Crippen molar-refractivity contribution in [3.8, 4) is 23.3 Å². The number of ether oxygens (including phenoxy) is 1. The van der Waals surface area contributed by atoms with Gasteiger partial charge in [-0.05, 0) is 187 Å². The molecule has 9 N–H and O–H groups in total. The van der Waals surface area contributed by atoms with Crippen LogP contribution in [0.5, 0.6) is 11.5 Å². The number of nitrogens with one attached hydrogen (secondary N) is 4. The number of hydrogen-bond donors (Lipinski definition) is 8. The van der Waals surface area contributed by atoms with Gasteiger partial charge in [-0.1, -0.05) is 68.2 Å². The Morgan fingerprint density at radius 3 is 2.64 bits per heavy atom. The van der Waals surface area contributed by atoms with Gasteiger partial charge in [0.15, 0.2) is 17.3 Å². The molecule has 14 atom stereocenters. The second-order valence-corrected chi connectivity index (χ2v) is 22.7. The quantitative estimate of drug-likeness (QED) is 0.0607. The second kappa shape index (κ2) is 20.1. The Morgan fingerprint density at radius 1 is 0.986 bits per heavy atom. The molecule has 11 heteroatoms. The summed E-state index contributed by atoms with van der Waals surface area (Å²) in [5.41, 5.74) is 13.1. The van der Waals surface area contributed by atoms with Crippen LogP contribution in [0.4, 0.5) is 0 Å². The number of phenolic OH excluding ortho intramolecular Hbond substituents is 1. The van der Waals surface area contributed by atoms with Crippen molar-refractivity contribution in [3.05, 3.63) is 118 Å². The number of methoxy groups -OCH3 is 1. The molecule has 380 valence electrons. The van der Waals surface area contributed by atoms with Gasteiger partial charge in [0, 0.05) is 61.5 Å². The zero-order valence-corrected chi connectivity index (χ0v) is 42.4. The Kier molecular flexibility index (Phi) is 13.7. The number of rotatable bonds is 13. The summed E-state index contributed by atoms with van der Waals surface area (Å²) in [5.74, 6) is 10.8. The van der Waals surface area contributed by atoms with Gasteiger partial charge in [-0.2, -0.15) is 0 Å². The number of dihydropyridines is 1. The fourth-order valence-electron chi connectivity index (χ4n) is 15.7. The van der Waals surface area contributed by atoms with Gasteiger partial charge >= 0.3 is 0 Å². The number of allylic oxidation sites excluding steroid dienone is 2. The number of ketones is 2. The van der Waals surface area contributed by atoms with Crippen LogP contribution < -0.4 is 26.4 Å². The van der Waals surface area contributed by atoms with E-state index < -0.39 is 23.5 Å². The maximum Gasteiger partial charge on any atom is 0.160 e. The Hall–Kier alpha value is -5.38. The van der Waals surface area contributed by atoms with E-state index in [1.54, 1.807) is 6.07 Å². The topological polar surface area (TPSA) is 182 Å². The molecule has 2 aliphatic heterocycles. The summed E-state index contributed by atoms with van der Waals surface area (Å²) in [4.78, 5) is 31.7. The highest BCUT2D eigenvalue weighted by Crippen LogP contribution is 2.63. The van der Waals surface area contributed by atoms with Crippen LogP contribution in [0.3, 0.4) is 0 Å². The number of aromatic hydroxyl groups is 1. The van der Waals surface area contributed by atoms with Crippen LogP contribution in [0.15, 0.2) is 89.9 Å². The molecular formula is C61H75N5O6. The molecule has 4 aromatic rings. The van der Waals surface area contributed by atoms with E-state index >= 15 is 0 Å². The van der Waals surface area contributed by atoms with Gasteiger partial charge in [0.1, 0.15) is 11.2 Å². The van der Waals surface area contributed by atoms with Crippen LogP contribution in [0.25, 0.3) is 10.8 Å². The molecule has 3 heterocycles. The number of aromatic amines is 1. The predicted octanol–water partition coefficient (Wildman–Crippen LogP) is 8.37. The molecule has 1 spiro atoms. The number of piperidine rings is 1. The second-order valence-electron chi connectivity index (χ2n) is 22.7. The number of aromatic nitrogens is 1. The summed E-state index contributed by atoms with van der Waals surface area (Å²) in [7, 11) is 1.53. The lowest BCUT2D eigenvalue weighted by atomic mass is 9.46. The highest BCUT2D eigenvalue weighted by molar-refractivity contribution is 5.89. The first-order valence-electron chi connectivity index (χ1n) is 27.3. The molecule has 11 rings (SSSR count). The van der Waals surface area contributed by atoms with E-state index in [2.05, 4.69) is 95.3 Å². The van der Waals surface area contributed by atoms with Gasteiger partial charge in [0.2, 0.25) is 0 Å². The number of Topliss-reactive ketones (excluding diaryl/α,β-unsaturated/α-hetero) is 2. The summed E-state index contributed by atoms with van der Waals surface area (Å²) in [6, 6.07) is 21.0. The van der Waals surface area contributed by atoms with Gasteiger partial charge < -0.3 is 46.7 Å². The number of H-pyrrole nitrogens is 1. The average molecular weight is 974 g/mol. The van der Waals surface area contributed by atoms with Crippen LogP contribution in [-0.2, 0) is 16.0 Å². The summed E-state index contributed by atoms with van der Waals surface area (Å²) in [6.45, 7) is 7.69. The number of aliphatic hydroxyl groups is 2. The van der Waals surface area contributed by atoms with E-state index in [-0.39, 0.29) is 41.7 Å². The number of nitrogens with two attached hydrogens (primary N) is 1. The number of carbonyl (C=O) groups excluding carboxylic acids is 2. The highest BCUT2D eigenvalue weighted by atomic mass is 16.5. The Labute approximate surface area is 425 Å². The van der Waals surface area contributed by atoms with Crippen molar-refractivity contribution in [2.75, 3.05) is 33.3 Å². The minimum Gasteiger partial charge on any atom is -0.504 e. The normalized spacial score (nSPS) is 32.7. The van der Waals surface area contributed by atoms with E-state index in [1.165, 1.54) is 23.9 Å². The zero-order valence-electron chi connectivity index (χ0n) is 42.4. The third-order valence-corrected chi connectivity index (χ3v) is 19.1. The highest BCUT2D eigenvalue weighted by Gasteiger charge is 2.60. The molecule has 1 saturated heterocycles. The molecule has 0 unspecified atom stereocenters. The van der Waals surface area contributed by atoms with Gasteiger partial charge in [-0.15, -0.1) is 0 Å². The lowest BCUT2D eigenvalue weighted by Gasteiger charge is -2.61. The SMILES string of the molecule is CCNC[C@@H]1[C@@H]([C@H]2CC[C@@]3(C#C[C@H](CC[C@H](O)C[C@@H](C4=C(CC)CNC(N)=C4)c4ccc5ccccc5c4)c4cc(O)c(OC)cc4CCC3=O)[C@H](O)C2)C[C@H]2CN[C@H]3CC(=O)C[C@H]4c5cc[nH]c5[C@@H]1[C@@H]2[C@H]34. The molecule has 0 bridgehead atoms. The minimum absolute atomic E-state index is 0.0116. The fourth-order valence-corrected chi connectivity index (χ4v) is 15.7. The maximum absolute atomic E-state index is 14.9. The maximum atomic E-state index is 14.9. The lowest BCUT2D eigenvalue weighted by molar-refractivity contribution is -0.137. The van der Waals surface area contributed by atoms with Crippen molar-refractivity contribution >= 4 is 22.3 Å². The van der Waals surface area contributed by atoms with E-state index in [9.17, 15) is 24.9 Å². The first-order valence-corrected chi connectivity index (χ1v) is 27.3. The van der Waals surface area contributed by atoms with Crippen molar-refractivity contribution < 1.29 is 29.6 Å². The number of benzene rings is 3. The van der Waals surface area contributed by atoms with Crippen LogP contribution in [-0.4, -0.2) is 83.4 Å². The standard InChI is InChI=1S/C61H75N5O6/c1-4-34-31-66-56(62)30-48(34)47(38-11-10-35-8-6-7-9-37(35)22-38)26-42(67)14-12-36-16-19-61(54(70)15-13-39-24-53(72-3)52(69)29-45(36)39)20-17-40(25-55(61)71)46-23-41-32-65-51-28-43(68)27-49-44-18-21-64-60(44)59(57(41)58(49)51)50(46)33-63-5-2/h6-11,18,21-22,24,29-30,36,40-42,46-47,49-51,55,57-59,63-67,69,71H,4-5,12-15,17,20,23,25-28,31-33,62H2,1-3H3/t36-,40-,41-,42-,46+,47+,49-,50+,51-,55+,57-,58-,59-,61+/m0/s1. The number of aliphatic hydroxyl groups excluding tert-OH is 2. The molecule has 3 saturated carbocycles. The van der Waals surface area contributed by atoms with E-state index in [0.717, 1.165) is 71.9 Å². The third-order valence-electron chi connectivity index (χ3n) is 19.1. The van der Waals surface area contributed by atoms with Crippen molar-refractivity contribution in [2.24, 2.45) is 46.7 Å². The van der Waals surface area contributed by atoms with E-state index in [4.69, 9.17) is 10.5 Å². The number of aryl methyl sites for hydroxylation is 1. The summed E-state index contributed by atoms with van der Waals surface area (Å²) in [5, 5.41) is 49.4. The zero-order chi connectivity index (χ0) is 49.8.